The van der Waals surface area contributed by atoms with E-state index in [1.54, 1.807) is 6.07 Å². The second-order valence-electron chi connectivity index (χ2n) is 4.09. The van der Waals surface area contributed by atoms with Crippen LogP contribution in [0.5, 0.6) is 0 Å². The fraction of sp³-hybridized carbons (Fsp3) is 0.467. The Balaban J connectivity index is 0.000000771. The van der Waals surface area contributed by atoms with Crippen LogP contribution in [0.15, 0.2) is 12.1 Å². The minimum absolute atomic E-state index is 0.375. The standard InChI is InChI=1S/C13H15NO2.C2H6/c1-9-4-3-5-10-6-7-11(13(15)16-2)14-12(10)8-9;1-2/h5-9H,3-4H2,1-2H3;1-2H3. The summed E-state index contributed by atoms with van der Waals surface area (Å²) in [7, 11) is 1.37. The summed E-state index contributed by atoms with van der Waals surface area (Å²) in [5.41, 5.74) is 0.375. The minimum atomic E-state index is -0.381. The summed E-state index contributed by atoms with van der Waals surface area (Å²) >= 11 is 0. The van der Waals surface area contributed by atoms with E-state index in [2.05, 4.69) is 28.8 Å². The molecule has 1 aliphatic carbocycles. The largest absolute Gasteiger partial charge is 0.464 e. The molecular formula is C15H21NO2. The van der Waals surface area contributed by atoms with Crippen molar-refractivity contribution in [3.8, 4) is 0 Å². The predicted molar refractivity (Wildman–Crippen MR) is 73.5 cm³/mol. The van der Waals surface area contributed by atoms with Gasteiger partial charge in [0.05, 0.1) is 12.5 Å². The van der Waals surface area contributed by atoms with Crippen molar-refractivity contribution in [1.29, 1.82) is 0 Å². The van der Waals surface area contributed by atoms with Gasteiger partial charge in [-0.2, -0.15) is 0 Å². The molecule has 18 heavy (non-hydrogen) atoms. The van der Waals surface area contributed by atoms with Gasteiger partial charge in [-0.3, -0.25) is 0 Å². The van der Waals surface area contributed by atoms with Gasteiger partial charge in [-0.05, 0) is 30.0 Å². The molecule has 0 N–H and O–H groups in total. The highest BCUT2D eigenvalue weighted by atomic mass is 16.5. The Labute approximate surface area is 108 Å². The number of ether oxygens (including phenoxy) is 1. The van der Waals surface area contributed by atoms with E-state index >= 15 is 0 Å². The van der Waals surface area contributed by atoms with E-state index in [-0.39, 0.29) is 5.97 Å². The summed E-state index contributed by atoms with van der Waals surface area (Å²) in [5, 5.41) is 2.00. The summed E-state index contributed by atoms with van der Waals surface area (Å²) in [6.45, 7) is 6.16. The number of rotatable bonds is 1. The minimum Gasteiger partial charge on any atom is -0.464 e. The third-order valence-corrected chi connectivity index (χ3v) is 2.78. The van der Waals surface area contributed by atoms with Crippen molar-refractivity contribution in [2.24, 2.45) is 5.92 Å². The number of esters is 1. The van der Waals surface area contributed by atoms with E-state index in [1.807, 2.05) is 19.9 Å². The maximum atomic E-state index is 11.4. The van der Waals surface area contributed by atoms with Crippen molar-refractivity contribution in [2.45, 2.75) is 33.6 Å². The number of hydrogen-bond donors (Lipinski definition) is 0. The summed E-state index contributed by atoms with van der Waals surface area (Å²) in [6.07, 6.45) is 6.47. The number of hydrogen-bond acceptors (Lipinski definition) is 3. The lowest BCUT2D eigenvalue weighted by Gasteiger charge is -2.00. The molecular weight excluding hydrogens is 226 g/mol. The molecule has 1 atom stereocenters. The number of pyridine rings is 1. The molecule has 1 aliphatic rings. The van der Waals surface area contributed by atoms with Crippen molar-refractivity contribution in [3.63, 3.8) is 0 Å². The molecule has 1 heterocycles. The Morgan fingerprint density at radius 3 is 2.78 bits per heavy atom. The molecule has 2 rings (SSSR count). The zero-order valence-electron chi connectivity index (χ0n) is 11.6. The van der Waals surface area contributed by atoms with Gasteiger partial charge in [0.2, 0.25) is 0 Å². The molecule has 0 saturated heterocycles. The summed E-state index contributed by atoms with van der Waals surface area (Å²) in [6, 6.07) is 3.65. The first-order valence-electron chi connectivity index (χ1n) is 6.48. The fourth-order valence-electron chi connectivity index (χ4n) is 1.86. The van der Waals surface area contributed by atoms with Crippen LogP contribution in [0.1, 0.15) is 44.1 Å². The molecule has 1 aromatic rings. The third-order valence-electron chi connectivity index (χ3n) is 2.78. The Kier molecular flexibility index (Phi) is 5.56. The smallest absolute Gasteiger partial charge is 0.356 e. The quantitative estimate of drug-likeness (QED) is 0.711. The first-order valence-corrected chi connectivity index (χ1v) is 6.48. The van der Waals surface area contributed by atoms with Crippen LogP contribution < -0.4 is 10.6 Å². The van der Waals surface area contributed by atoms with Crippen LogP contribution in [-0.4, -0.2) is 18.1 Å². The lowest BCUT2D eigenvalue weighted by Crippen LogP contribution is -2.30. The topological polar surface area (TPSA) is 39.2 Å². The molecule has 0 bridgehead atoms. The number of nitrogens with zero attached hydrogens (tertiary/aromatic N) is 1. The summed E-state index contributed by atoms with van der Waals surface area (Å²) in [5.74, 6) is 0.117. The van der Waals surface area contributed by atoms with E-state index in [4.69, 9.17) is 0 Å². The third kappa shape index (κ3) is 3.42. The molecule has 0 saturated carbocycles. The summed E-state index contributed by atoms with van der Waals surface area (Å²) in [4.78, 5) is 15.7. The second-order valence-corrected chi connectivity index (χ2v) is 4.09. The van der Waals surface area contributed by atoms with Gasteiger partial charge in [0.15, 0.2) is 0 Å². The Morgan fingerprint density at radius 1 is 1.39 bits per heavy atom. The van der Waals surface area contributed by atoms with Gasteiger partial charge in [0, 0.05) is 0 Å². The van der Waals surface area contributed by atoms with Gasteiger partial charge >= 0.3 is 5.97 Å². The van der Waals surface area contributed by atoms with Gasteiger partial charge in [-0.15, -0.1) is 0 Å². The number of methoxy groups -OCH3 is 1. The molecule has 3 nitrogen and oxygen atoms in total. The lowest BCUT2D eigenvalue weighted by atomic mass is 10.1. The van der Waals surface area contributed by atoms with Gasteiger partial charge in [0.1, 0.15) is 5.69 Å². The molecule has 0 aliphatic heterocycles. The molecule has 0 aromatic carbocycles. The van der Waals surface area contributed by atoms with Crippen LogP contribution in [0.3, 0.4) is 0 Å². The first kappa shape index (κ1) is 14.4. The highest BCUT2D eigenvalue weighted by molar-refractivity contribution is 5.86. The Morgan fingerprint density at radius 2 is 2.11 bits per heavy atom. The van der Waals surface area contributed by atoms with Gasteiger partial charge in [0.25, 0.3) is 0 Å². The van der Waals surface area contributed by atoms with E-state index in [9.17, 15) is 4.79 Å². The average molecular weight is 247 g/mol. The maximum Gasteiger partial charge on any atom is 0.356 e. The number of carbonyl (C=O) groups is 1. The molecule has 0 amide bonds. The molecule has 0 spiro atoms. The predicted octanol–water partition coefficient (Wildman–Crippen LogP) is 1.89. The Bertz CT molecular complexity index is 520. The molecule has 3 heteroatoms. The van der Waals surface area contributed by atoms with Crippen LogP contribution >= 0.6 is 0 Å². The molecule has 0 radical (unpaired) electrons. The van der Waals surface area contributed by atoms with Crippen molar-refractivity contribution in [1.82, 2.24) is 4.98 Å². The Hall–Kier alpha value is -1.64. The average Bonchev–Trinajstić information content (AvgIpc) is 2.59. The van der Waals surface area contributed by atoms with E-state index in [0.717, 1.165) is 23.4 Å². The van der Waals surface area contributed by atoms with Crippen molar-refractivity contribution in [2.75, 3.05) is 7.11 Å². The van der Waals surface area contributed by atoms with E-state index < -0.39 is 0 Å². The SMILES string of the molecule is CC.COC(=O)c1ccc2c(n1)=CC(C)CCC=2. The number of carbonyl (C=O) groups excluding carboxylic acids is 1. The first-order chi connectivity index (χ1) is 8.70. The monoisotopic (exact) mass is 247 g/mol. The van der Waals surface area contributed by atoms with Crippen molar-refractivity contribution >= 4 is 18.1 Å². The van der Waals surface area contributed by atoms with Crippen LogP contribution in [-0.2, 0) is 4.74 Å². The normalized spacial score (nSPS) is 17.0. The molecule has 98 valence electrons. The van der Waals surface area contributed by atoms with Gasteiger partial charge < -0.3 is 4.74 Å². The van der Waals surface area contributed by atoms with Crippen LogP contribution in [0.4, 0.5) is 0 Å². The van der Waals surface area contributed by atoms with Crippen LogP contribution in [0.25, 0.3) is 12.2 Å². The maximum absolute atomic E-state index is 11.4. The van der Waals surface area contributed by atoms with E-state index in [0.29, 0.717) is 11.6 Å². The highest BCUT2D eigenvalue weighted by Crippen LogP contribution is 2.08. The zero-order chi connectivity index (χ0) is 13.5. The number of fused-ring (bicyclic) bond motifs is 1. The zero-order valence-corrected chi connectivity index (χ0v) is 11.6. The van der Waals surface area contributed by atoms with Crippen LogP contribution in [0, 0.1) is 5.92 Å². The molecule has 0 fully saturated rings. The highest BCUT2D eigenvalue weighted by Gasteiger charge is 2.08. The second kappa shape index (κ2) is 6.94. The van der Waals surface area contributed by atoms with Gasteiger partial charge in [-0.25, -0.2) is 9.78 Å². The van der Waals surface area contributed by atoms with Gasteiger partial charge in [-0.1, -0.05) is 39.0 Å². The molecule has 1 unspecified atom stereocenters. The lowest BCUT2D eigenvalue weighted by molar-refractivity contribution is 0.0593. The van der Waals surface area contributed by atoms with Crippen molar-refractivity contribution < 1.29 is 9.53 Å². The van der Waals surface area contributed by atoms with Crippen LogP contribution in [0.2, 0.25) is 0 Å². The molecule has 1 aromatic heterocycles. The van der Waals surface area contributed by atoms with E-state index in [1.165, 1.54) is 7.11 Å². The summed E-state index contributed by atoms with van der Waals surface area (Å²) < 4.78 is 4.66. The number of aromatic nitrogens is 1. The fourth-order valence-corrected chi connectivity index (χ4v) is 1.86. The van der Waals surface area contributed by atoms with Crippen molar-refractivity contribution in [3.05, 3.63) is 28.4 Å².